The van der Waals surface area contributed by atoms with Crippen molar-refractivity contribution in [1.82, 2.24) is 9.59 Å². The van der Waals surface area contributed by atoms with Crippen LogP contribution in [-0.2, 0) is 22.7 Å². The van der Waals surface area contributed by atoms with E-state index >= 15 is 0 Å². The topological polar surface area (TPSA) is 61.3 Å². The fourth-order valence-electron chi connectivity index (χ4n) is 1.46. The van der Waals surface area contributed by atoms with Gasteiger partial charge in [-0.1, -0.05) is 28.2 Å². The van der Waals surface area contributed by atoms with Crippen LogP contribution in [0.5, 0.6) is 0 Å². The second-order valence-corrected chi connectivity index (χ2v) is 5.06. The zero-order valence-corrected chi connectivity index (χ0v) is 11.7. The van der Waals surface area contributed by atoms with E-state index < -0.39 is 5.97 Å². The summed E-state index contributed by atoms with van der Waals surface area (Å²) in [7, 11) is 1.60. The number of aromatic nitrogens is 2. The normalized spacial score (nSPS) is 10.4. The van der Waals surface area contributed by atoms with E-state index in [2.05, 4.69) is 9.59 Å². The lowest BCUT2D eigenvalue weighted by Gasteiger charge is -2.05. The molecule has 0 radical (unpaired) electrons. The predicted octanol–water partition coefficient (Wildman–Crippen LogP) is 2.69. The molecule has 1 aromatic heterocycles. The van der Waals surface area contributed by atoms with Gasteiger partial charge in [0.1, 0.15) is 16.6 Å². The molecule has 0 fully saturated rings. The highest BCUT2D eigenvalue weighted by atomic mass is 35.5. The summed E-state index contributed by atoms with van der Waals surface area (Å²) in [6.07, 6.45) is 0. The minimum absolute atomic E-state index is 0.0165. The summed E-state index contributed by atoms with van der Waals surface area (Å²) >= 11 is 6.88. The van der Waals surface area contributed by atoms with Crippen LogP contribution in [0.25, 0.3) is 0 Å². The lowest BCUT2D eigenvalue weighted by molar-refractivity contribution is 0.0467. The van der Waals surface area contributed by atoms with E-state index in [1.807, 2.05) is 6.07 Å². The zero-order valence-electron chi connectivity index (χ0n) is 10.1. The summed E-state index contributed by atoms with van der Waals surface area (Å²) in [6, 6.07) is 7.07. The molecule has 7 heteroatoms. The number of hydrogen-bond donors (Lipinski definition) is 0. The van der Waals surface area contributed by atoms with Crippen LogP contribution < -0.4 is 0 Å². The number of halogens is 1. The van der Waals surface area contributed by atoms with Crippen molar-refractivity contribution in [3.05, 3.63) is 45.4 Å². The van der Waals surface area contributed by atoms with Crippen LogP contribution in [0.1, 0.15) is 21.6 Å². The molecule has 0 saturated carbocycles. The van der Waals surface area contributed by atoms with Crippen LogP contribution in [0.3, 0.4) is 0 Å². The first-order valence-corrected chi connectivity index (χ1v) is 6.57. The molecule has 2 rings (SSSR count). The van der Waals surface area contributed by atoms with Gasteiger partial charge in [0.05, 0.1) is 12.2 Å². The summed E-state index contributed by atoms with van der Waals surface area (Å²) in [6.45, 7) is 0.464. The first kappa shape index (κ1) is 13.9. The van der Waals surface area contributed by atoms with Gasteiger partial charge < -0.3 is 9.47 Å². The number of carbonyl (C=O) groups excluding carboxylic acids is 1. The Hall–Kier alpha value is -1.50. The number of benzene rings is 1. The molecule has 19 heavy (non-hydrogen) atoms. The molecule has 0 amide bonds. The lowest BCUT2D eigenvalue weighted by atomic mass is 10.1. The second kappa shape index (κ2) is 6.60. The minimum Gasteiger partial charge on any atom is -0.455 e. The Morgan fingerprint density at radius 2 is 2.26 bits per heavy atom. The number of rotatable bonds is 5. The largest absolute Gasteiger partial charge is 0.455 e. The van der Waals surface area contributed by atoms with Gasteiger partial charge in [-0.15, -0.1) is 5.10 Å². The van der Waals surface area contributed by atoms with E-state index in [9.17, 15) is 4.79 Å². The van der Waals surface area contributed by atoms with Gasteiger partial charge >= 0.3 is 5.97 Å². The summed E-state index contributed by atoms with van der Waals surface area (Å²) in [4.78, 5) is 11.9. The highest BCUT2D eigenvalue weighted by molar-refractivity contribution is 7.10. The van der Waals surface area contributed by atoms with Crippen LogP contribution in [0.15, 0.2) is 24.3 Å². The molecule has 5 nitrogen and oxygen atoms in total. The highest BCUT2D eigenvalue weighted by Crippen LogP contribution is 2.18. The van der Waals surface area contributed by atoms with Crippen molar-refractivity contribution in [3.63, 3.8) is 0 Å². The van der Waals surface area contributed by atoms with Crippen LogP contribution in [0, 0.1) is 0 Å². The average molecular weight is 299 g/mol. The average Bonchev–Trinajstić information content (AvgIpc) is 2.82. The molecule has 100 valence electrons. The van der Waals surface area contributed by atoms with Gasteiger partial charge in [0.15, 0.2) is 0 Å². The summed E-state index contributed by atoms with van der Waals surface area (Å²) in [5.74, 6) is -0.429. The van der Waals surface area contributed by atoms with E-state index in [0.717, 1.165) is 17.1 Å². The van der Waals surface area contributed by atoms with Gasteiger partial charge in [0.2, 0.25) is 0 Å². The monoisotopic (exact) mass is 298 g/mol. The molecule has 0 N–H and O–H groups in total. The molecule has 1 heterocycles. The number of ether oxygens (including phenoxy) is 2. The molecule has 0 aliphatic carbocycles. The Balaban J connectivity index is 2.00. The van der Waals surface area contributed by atoms with Gasteiger partial charge in [0, 0.05) is 18.6 Å². The molecular formula is C12H11ClN2O3S. The van der Waals surface area contributed by atoms with Crippen LogP contribution >= 0.6 is 23.1 Å². The molecule has 0 unspecified atom stereocenters. The third-order valence-electron chi connectivity index (χ3n) is 2.32. The highest BCUT2D eigenvalue weighted by Gasteiger charge is 2.11. The summed E-state index contributed by atoms with van der Waals surface area (Å²) < 4.78 is 14.2. The first-order valence-electron chi connectivity index (χ1n) is 5.42. The van der Waals surface area contributed by atoms with Crippen molar-refractivity contribution in [2.24, 2.45) is 0 Å². The smallest absolute Gasteiger partial charge is 0.338 e. The van der Waals surface area contributed by atoms with Crippen molar-refractivity contribution < 1.29 is 14.3 Å². The van der Waals surface area contributed by atoms with Crippen LogP contribution in [0.2, 0.25) is 4.34 Å². The quantitative estimate of drug-likeness (QED) is 0.794. The Kier molecular flexibility index (Phi) is 4.84. The van der Waals surface area contributed by atoms with Crippen molar-refractivity contribution in [3.8, 4) is 0 Å². The maximum absolute atomic E-state index is 11.9. The lowest BCUT2D eigenvalue weighted by Crippen LogP contribution is -2.06. The van der Waals surface area contributed by atoms with Gasteiger partial charge in [-0.2, -0.15) is 0 Å². The van der Waals surface area contributed by atoms with Gasteiger partial charge in [-0.3, -0.25) is 0 Å². The van der Waals surface area contributed by atoms with Crippen molar-refractivity contribution in [2.45, 2.75) is 13.2 Å². The number of esters is 1. The number of nitrogens with zero attached hydrogens (tertiary/aromatic N) is 2. The van der Waals surface area contributed by atoms with E-state index in [1.165, 1.54) is 0 Å². The maximum Gasteiger partial charge on any atom is 0.338 e. The molecule has 2 aromatic rings. The van der Waals surface area contributed by atoms with Gasteiger partial charge in [0.25, 0.3) is 0 Å². The molecule has 0 atom stereocenters. The molecule has 0 aliphatic rings. The van der Waals surface area contributed by atoms with Gasteiger partial charge in [-0.25, -0.2) is 4.79 Å². The molecule has 0 spiro atoms. The van der Waals surface area contributed by atoms with E-state index in [0.29, 0.717) is 22.2 Å². The Morgan fingerprint density at radius 1 is 1.42 bits per heavy atom. The Labute approximate surface area is 119 Å². The molecule has 1 aromatic carbocycles. The second-order valence-electron chi connectivity index (χ2n) is 3.70. The summed E-state index contributed by atoms with van der Waals surface area (Å²) in [5.41, 5.74) is 1.84. The van der Waals surface area contributed by atoms with Crippen molar-refractivity contribution >= 4 is 29.1 Å². The van der Waals surface area contributed by atoms with Crippen molar-refractivity contribution in [1.29, 1.82) is 0 Å². The van der Waals surface area contributed by atoms with Crippen LogP contribution in [0.4, 0.5) is 0 Å². The standard InChI is InChI=1S/C12H11ClN2O3S/c1-17-6-8-3-2-4-9(5-8)12(16)18-7-10-11(13)19-15-14-10/h2-5H,6-7H2,1H3. The Morgan fingerprint density at radius 3 is 2.95 bits per heavy atom. The summed E-state index contributed by atoms with van der Waals surface area (Å²) in [5, 5.41) is 3.77. The Bertz CT molecular complexity index is 574. The van der Waals surface area contributed by atoms with Crippen LogP contribution in [-0.4, -0.2) is 22.7 Å². The molecular weight excluding hydrogens is 288 g/mol. The number of hydrogen-bond acceptors (Lipinski definition) is 6. The SMILES string of the molecule is COCc1cccc(C(=O)OCc2nnsc2Cl)c1. The number of methoxy groups -OCH3 is 1. The van der Waals surface area contributed by atoms with E-state index in [1.54, 1.807) is 25.3 Å². The fourth-order valence-corrected chi connectivity index (χ4v) is 2.06. The van der Waals surface area contributed by atoms with E-state index in [4.69, 9.17) is 21.1 Å². The minimum atomic E-state index is -0.429. The zero-order chi connectivity index (χ0) is 13.7. The molecule has 0 saturated heterocycles. The third-order valence-corrected chi connectivity index (χ3v) is 3.31. The predicted molar refractivity (Wildman–Crippen MR) is 71.2 cm³/mol. The number of carbonyl (C=O) groups is 1. The third kappa shape index (κ3) is 3.73. The van der Waals surface area contributed by atoms with E-state index in [-0.39, 0.29) is 6.61 Å². The fraction of sp³-hybridized carbons (Fsp3) is 0.250. The van der Waals surface area contributed by atoms with Crippen molar-refractivity contribution in [2.75, 3.05) is 7.11 Å². The maximum atomic E-state index is 11.9. The van der Waals surface area contributed by atoms with Gasteiger partial charge in [-0.05, 0) is 17.7 Å². The molecule has 0 aliphatic heterocycles. The molecule has 0 bridgehead atoms. The first-order chi connectivity index (χ1) is 9.20.